The molecule has 0 radical (unpaired) electrons. The number of amides is 1. The van der Waals surface area contributed by atoms with E-state index in [0.29, 0.717) is 25.6 Å². The first-order valence-electron chi connectivity index (χ1n) is 9.05. The van der Waals surface area contributed by atoms with Crippen molar-refractivity contribution in [3.63, 3.8) is 0 Å². The lowest BCUT2D eigenvalue weighted by Crippen LogP contribution is -2.27. The normalized spacial score (nSPS) is 16.6. The molecule has 2 aromatic rings. The Bertz CT molecular complexity index is 649. The van der Waals surface area contributed by atoms with E-state index in [-0.39, 0.29) is 5.91 Å². The van der Waals surface area contributed by atoms with Gasteiger partial charge in [0.1, 0.15) is 12.4 Å². The van der Waals surface area contributed by atoms with Gasteiger partial charge in [-0.05, 0) is 49.1 Å². The molecule has 1 atom stereocenters. The van der Waals surface area contributed by atoms with Crippen molar-refractivity contribution in [2.24, 2.45) is 0 Å². The van der Waals surface area contributed by atoms with E-state index in [4.69, 9.17) is 4.74 Å². The molecule has 4 nitrogen and oxygen atoms in total. The average Bonchev–Trinajstić information content (AvgIpc) is 3.18. The number of ether oxygens (including phenoxy) is 1. The Morgan fingerprint density at radius 1 is 1.08 bits per heavy atom. The number of rotatable bonds is 8. The SMILES string of the molecule is O=C(CCC1CCCN1)NCc1ccc(OCc2ccccc2)cc1. The number of carbonyl (C=O) groups excluding carboxylic acids is 1. The lowest BCUT2D eigenvalue weighted by atomic mass is 10.1. The molecule has 2 aromatic carbocycles. The van der Waals surface area contributed by atoms with Gasteiger partial charge < -0.3 is 15.4 Å². The molecule has 1 aliphatic rings. The Hall–Kier alpha value is -2.33. The Labute approximate surface area is 149 Å². The van der Waals surface area contributed by atoms with Crippen LogP contribution in [0.4, 0.5) is 0 Å². The van der Waals surface area contributed by atoms with Gasteiger partial charge in [0.25, 0.3) is 0 Å². The van der Waals surface area contributed by atoms with Gasteiger partial charge in [-0.3, -0.25) is 4.79 Å². The molecule has 0 spiro atoms. The van der Waals surface area contributed by atoms with Crippen LogP contribution >= 0.6 is 0 Å². The van der Waals surface area contributed by atoms with Crippen molar-refractivity contribution in [3.8, 4) is 5.75 Å². The number of hydrogen-bond acceptors (Lipinski definition) is 3. The Morgan fingerprint density at radius 3 is 2.60 bits per heavy atom. The molecule has 0 bridgehead atoms. The summed E-state index contributed by atoms with van der Waals surface area (Å²) in [5, 5.41) is 6.41. The molecule has 1 heterocycles. The molecule has 0 aliphatic carbocycles. The van der Waals surface area contributed by atoms with Crippen LogP contribution in [0.3, 0.4) is 0 Å². The Morgan fingerprint density at radius 2 is 1.88 bits per heavy atom. The van der Waals surface area contributed by atoms with Gasteiger partial charge in [0.2, 0.25) is 5.91 Å². The van der Waals surface area contributed by atoms with E-state index < -0.39 is 0 Å². The molecule has 4 heteroatoms. The van der Waals surface area contributed by atoms with Crippen LogP contribution in [0.15, 0.2) is 54.6 Å². The van der Waals surface area contributed by atoms with E-state index in [9.17, 15) is 4.79 Å². The van der Waals surface area contributed by atoms with E-state index in [1.807, 2.05) is 54.6 Å². The molecule has 1 saturated heterocycles. The monoisotopic (exact) mass is 338 g/mol. The first-order valence-corrected chi connectivity index (χ1v) is 9.05. The second-order valence-electron chi connectivity index (χ2n) is 6.53. The van der Waals surface area contributed by atoms with Crippen LogP contribution in [0, 0.1) is 0 Å². The molecule has 25 heavy (non-hydrogen) atoms. The average molecular weight is 338 g/mol. The van der Waals surface area contributed by atoms with Crippen molar-refractivity contribution in [2.45, 2.75) is 44.9 Å². The highest BCUT2D eigenvalue weighted by molar-refractivity contribution is 5.75. The zero-order chi connectivity index (χ0) is 17.3. The van der Waals surface area contributed by atoms with Crippen LogP contribution in [0.25, 0.3) is 0 Å². The molecule has 132 valence electrons. The number of benzene rings is 2. The van der Waals surface area contributed by atoms with E-state index in [2.05, 4.69) is 10.6 Å². The molecule has 0 saturated carbocycles. The van der Waals surface area contributed by atoms with Gasteiger partial charge in [0, 0.05) is 19.0 Å². The summed E-state index contributed by atoms with van der Waals surface area (Å²) in [5.74, 6) is 0.962. The standard InChI is InChI=1S/C21H26N2O2/c24-21(13-10-19-7-4-14-22-19)23-15-17-8-11-20(12-9-17)25-16-18-5-2-1-3-6-18/h1-3,5-6,8-9,11-12,19,22H,4,7,10,13-16H2,(H,23,24). The van der Waals surface area contributed by atoms with Crippen molar-refractivity contribution >= 4 is 5.91 Å². The number of hydrogen-bond donors (Lipinski definition) is 2. The summed E-state index contributed by atoms with van der Waals surface area (Å²) in [5.41, 5.74) is 2.23. The van der Waals surface area contributed by atoms with Gasteiger partial charge >= 0.3 is 0 Å². The summed E-state index contributed by atoms with van der Waals surface area (Å²) < 4.78 is 5.77. The summed E-state index contributed by atoms with van der Waals surface area (Å²) in [6.45, 7) is 2.22. The quantitative estimate of drug-likeness (QED) is 0.775. The van der Waals surface area contributed by atoms with Crippen LogP contribution in [-0.2, 0) is 17.9 Å². The Kier molecular flexibility index (Phi) is 6.46. The summed E-state index contributed by atoms with van der Waals surface area (Å²) in [7, 11) is 0. The number of nitrogens with one attached hydrogen (secondary N) is 2. The van der Waals surface area contributed by atoms with E-state index >= 15 is 0 Å². The molecule has 2 N–H and O–H groups in total. The van der Waals surface area contributed by atoms with Crippen LogP contribution in [0.1, 0.15) is 36.8 Å². The minimum absolute atomic E-state index is 0.123. The van der Waals surface area contributed by atoms with Gasteiger partial charge in [0.05, 0.1) is 0 Å². The maximum Gasteiger partial charge on any atom is 0.220 e. The minimum atomic E-state index is 0.123. The minimum Gasteiger partial charge on any atom is -0.489 e. The molecule has 3 rings (SSSR count). The summed E-state index contributed by atoms with van der Waals surface area (Å²) >= 11 is 0. The van der Waals surface area contributed by atoms with Crippen LogP contribution < -0.4 is 15.4 Å². The summed E-state index contributed by atoms with van der Waals surface area (Å²) in [4.78, 5) is 11.9. The zero-order valence-corrected chi connectivity index (χ0v) is 14.5. The molecule has 1 unspecified atom stereocenters. The molecular formula is C21H26N2O2. The third kappa shape index (κ3) is 5.91. The van der Waals surface area contributed by atoms with Gasteiger partial charge in [-0.25, -0.2) is 0 Å². The fourth-order valence-corrected chi connectivity index (χ4v) is 3.04. The first-order chi connectivity index (χ1) is 12.3. The van der Waals surface area contributed by atoms with Gasteiger partial charge in [-0.15, -0.1) is 0 Å². The highest BCUT2D eigenvalue weighted by Crippen LogP contribution is 2.14. The van der Waals surface area contributed by atoms with E-state index in [1.54, 1.807) is 0 Å². The predicted octanol–water partition coefficient (Wildman–Crippen LogP) is 3.41. The summed E-state index contributed by atoms with van der Waals surface area (Å²) in [6.07, 6.45) is 3.94. The Balaban J connectivity index is 1.37. The molecule has 0 aromatic heterocycles. The summed E-state index contributed by atoms with van der Waals surface area (Å²) in [6, 6.07) is 18.5. The topological polar surface area (TPSA) is 50.4 Å². The maximum atomic E-state index is 11.9. The highest BCUT2D eigenvalue weighted by atomic mass is 16.5. The lowest BCUT2D eigenvalue weighted by Gasteiger charge is -2.10. The maximum absolute atomic E-state index is 11.9. The van der Waals surface area contributed by atoms with E-state index in [1.165, 1.54) is 12.8 Å². The van der Waals surface area contributed by atoms with Crippen molar-refractivity contribution in [1.29, 1.82) is 0 Å². The van der Waals surface area contributed by atoms with Crippen molar-refractivity contribution in [3.05, 3.63) is 65.7 Å². The van der Waals surface area contributed by atoms with Gasteiger partial charge in [-0.1, -0.05) is 42.5 Å². The van der Waals surface area contributed by atoms with Crippen molar-refractivity contribution in [1.82, 2.24) is 10.6 Å². The van der Waals surface area contributed by atoms with Gasteiger partial charge in [0.15, 0.2) is 0 Å². The third-order valence-electron chi connectivity index (χ3n) is 4.54. The zero-order valence-electron chi connectivity index (χ0n) is 14.5. The molecule has 1 amide bonds. The van der Waals surface area contributed by atoms with Crippen LogP contribution in [-0.4, -0.2) is 18.5 Å². The smallest absolute Gasteiger partial charge is 0.220 e. The van der Waals surface area contributed by atoms with Crippen molar-refractivity contribution in [2.75, 3.05) is 6.54 Å². The largest absolute Gasteiger partial charge is 0.489 e. The fourth-order valence-electron chi connectivity index (χ4n) is 3.04. The van der Waals surface area contributed by atoms with Gasteiger partial charge in [-0.2, -0.15) is 0 Å². The van der Waals surface area contributed by atoms with Crippen LogP contribution in [0.2, 0.25) is 0 Å². The predicted molar refractivity (Wildman–Crippen MR) is 99.3 cm³/mol. The molecular weight excluding hydrogens is 312 g/mol. The van der Waals surface area contributed by atoms with Crippen LogP contribution in [0.5, 0.6) is 5.75 Å². The van der Waals surface area contributed by atoms with Crippen molar-refractivity contribution < 1.29 is 9.53 Å². The fraction of sp³-hybridized carbons (Fsp3) is 0.381. The first kappa shape index (κ1) is 17.5. The third-order valence-corrected chi connectivity index (χ3v) is 4.54. The highest BCUT2D eigenvalue weighted by Gasteiger charge is 2.14. The lowest BCUT2D eigenvalue weighted by molar-refractivity contribution is -0.121. The second-order valence-corrected chi connectivity index (χ2v) is 6.53. The molecule has 1 fully saturated rings. The van der Waals surface area contributed by atoms with E-state index in [0.717, 1.165) is 29.8 Å². The molecule has 1 aliphatic heterocycles. The number of carbonyl (C=O) groups is 1. The second kappa shape index (κ2) is 9.23.